The third-order valence-corrected chi connectivity index (χ3v) is 5.74. The van der Waals surface area contributed by atoms with Crippen LogP contribution in [0, 0.1) is 0 Å². The van der Waals surface area contributed by atoms with Crippen LogP contribution in [-0.4, -0.2) is 29.8 Å². The van der Waals surface area contributed by atoms with Gasteiger partial charge in [-0.05, 0) is 42.3 Å². The van der Waals surface area contributed by atoms with Gasteiger partial charge in [0, 0.05) is 22.0 Å². The van der Waals surface area contributed by atoms with Crippen molar-refractivity contribution in [3.05, 3.63) is 41.6 Å². The molecule has 136 valence electrons. The zero-order valence-electron chi connectivity index (χ0n) is 14.4. The molecule has 0 aliphatic rings. The number of rotatable bonds is 6. The number of carbonyl (C=O) groups is 1. The van der Waals surface area contributed by atoms with Crippen LogP contribution in [-0.2, 0) is 21.3 Å². The molecule has 0 unspecified atom stereocenters. The molecule has 1 N–H and O–H groups in total. The molecule has 0 spiro atoms. The minimum atomic E-state index is -0.380. The van der Waals surface area contributed by atoms with Crippen LogP contribution < -0.4 is 4.74 Å². The lowest BCUT2D eigenvalue weighted by Crippen LogP contribution is -2.07. The summed E-state index contributed by atoms with van der Waals surface area (Å²) in [4.78, 5) is 18.0. The Balaban J connectivity index is 2.09. The highest BCUT2D eigenvalue weighted by Gasteiger charge is 2.20. The molecular formula is C19H18BrNO4S. The number of benzene rings is 1. The molecule has 3 aromatic rings. The Morgan fingerprint density at radius 1 is 1.31 bits per heavy atom. The molecule has 0 saturated carbocycles. The summed E-state index contributed by atoms with van der Waals surface area (Å²) in [7, 11) is 1.63. The van der Waals surface area contributed by atoms with Crippen molar-refractivity contribution in [1.82, 2.24) is 4.98 Å². The van der Waals surface area contributed by atoms with Gasteiger partial charge in [0.25, 0.3) is 0 Å². The van der Waals surface area contributed by atoms with Crippen molar-refractivity contribution >= 4 is 43.5 Å². The van der Waals surface area contributed by atoms with Crippen molar-refractivity contribution in [2.45, 2.75) is 18.7 Å². The van der Waals surface area contributed by atoms with Crippen LogP contribution >= 0.6 is 27.3 Å². The number of hydrogen-bond acceptors (Lipinski definition) is 6. The van der Waals surface area contributed by atoms with Gasteiger partial charge in [-0.25, -0.2) is 4.98 Å². The molecular weight excluding hydrogens is 418 g/mol. The van der Waals surface area contributed by atoms with Crippen molar-refractivity contribution in [3.63, 3.8) is 0 Å². The first-order valence-electron chi connectivity index (χ1n) is 8.07. The maximum Gasteiger partial charge on any atom is 0.310 e. The SMILES string of the molecule is CCOC(=O)Cc1cnc2sc(-c3ccc(OC)cc3)c(CBr)c2c1O. The zero-order chi connectivity index (χ0) is 18.7. The molecule has 0 saturated heterocycles. The molecule has 5 nitrogen and oxygen atoms in total. The van der Waals surface area contributed by atoms with Gasteiger partial charge >= 0.3 is 5.97 Å². The fourth-order valence-corrected chi connectivity index (χ4v) is 4.66. The number of methoxy groups -OCH3 is 1. The van der Waals surface area contributed by atoms with Gasteiger partial charge in [0.2, 0.25) is 0 Å². The number of nitrogens with zero attached hydrogens (tertiary/aromatic N) is 1. The summed E-state index contributed by atoms with van der Waals surface area (Å²) >= 11 is 5.03. The molecule has 0 aliphatic carbocycles. The van der Waals surface area contributed by atoms with E-state index in [-0.39, 0.29) is 18.1 Å². The molecule has 0 atom stereocenters. The third-order valence-electron chi connectivity index (χ3n) is 3.99. The molecule has 26 heavy (non-hydrogen) atoms. The minimum Gasteiger partial charge on any atom is -0.507 e. The maximum absolute atomic E-state index is 11.8. The van der Waals surface area contributed by atoms with E-state index in [0.717, 1.165) is 26.6 Å². The Bertz CT molecular complexity index is 937. The Kier molecular flexibility index (Phi) is 5.78. The molecule has 0 aliphatic heterocycles. The van der Waals surface area contributed by atoms with Gasteiger partial charge in [0.15, 0.2) is 0 Å². The average Bonchev–Trinajstić information content (AvgIpc) is 3.03. The number of aromatic hydroxyl groups is 1. The number of fused-ring (bicyclic) bond motifs is 1. The van der Waals surface area contributed by atoms with E-state index in [1.54, 1.807) is 20.2 Å². The molecule has 0 radical (unpaired) electrons. The molecule has 1 aromatic carbocycles. The van der Waals surface area contributed by atoms with E-state index in [1.165, 1.54) is 11.3 Å². The number of halogens is 1. The van der Waals surface area contributed by atoms with E-state index >= 15 is 0 Å². The van der Waals surface area contributed by atoms with Crippen molar-refractivity contribution < 1.29 is 19.4 Å². The van der Waals surface area contributed by atoms with Gasteiger partial charge in [-0.1, -0.05) is 15.9 Å². The van der Waals surface area contributed by atoms with E-state index < -0.39 is 0 Å². The molecule has 0 amide bonds. The highest BCUT2D eigenvalue weighted by atomic mass is 79.9. The van der Waals surface area contributed by atoms with Crippen molar-refractivity contribution in [2.24, 2.45) is 0 Å². The molecule has 3 rings (SSSR count). The lowest BCUT2D eigenvalue weighted by Gasteiger charge is -2.07. The average molecular weight is 436 g/mol. The molecule has 0 bridgehead atoms. The van der Waals surface area contributed by atoms with Gasteiger partial charge < -0.3 is 14.6 Å². The number of thiophene rings is 1. The van der Waals surface area contributed by atoms with Crippen LogP contribution in [0.2, 0.25) is 0 Å². The maximum atomic E-state index is 11.8. The number of carbonyl (C=O) groups excluding carboxylic acids is 1. The molecule has 7 heteroatoms. The quantitative estimate of drug-likeness (QED) is 0.449. The van der Waals surface area contributed by atoms with Gasteiger partial charge in [-0.3, -0.25) is 4.79 Å². The van der Waals surface area contributed by atoms with Gasteiger partial charge in [-0.15, -0.1) is 11.3 Å². The topological polar surface area (TPSA) is 68.7 Å². The zero-order valence-corrected chi connectivity index (χ0v) is 16.8. The Labute approximate surface area is 163 Å². The van der Waals surface area contributed by atoms with Crippen LogP contribution in [0.4, 0.5) is 0 Å². The number of ether oxygens (including phenoxy) is 2. The first-order valence-corrected chi connectivity index (χ1v) is 10.0. The number of hydrogen-bond donors (Lipinski definition) is 1. The summed E-state index contributed by atoms with van der Waals surface area (Å²) < 4.78 is 10.2. The molecule has 0 fully saturated rings. The summed E-state index contributed by atoms with van der Waals surface area (Å²) in [5.41, 5.74) is 2.44. The van der Waals surface area contributed by atoms with Crippen LogP contribution in [0.5, 0.6) is 11.5 Å². The van der Waals surface area contributed by atoms with Crippen molar-refractivity contribution in [3.8, 4) is 21.9 Å². The number of alkyl halides is 1. The Hall–Kier alpha value is -2.12. The Morgan fingerprint density at radius 3 is 2.65 bits per heavy atom. The summed E-state index contributed by atoms with van der Waals surface area (Å²) in [6.07, 6.45) is 1.54. The Morgan fingerprint density at radius 2 is 2.04 bits per heavy atom. The van der Waals surface area contributed by atoms with E-state index in [1.807, 2.05) is 24.3 Å². The second-order valence-electron chi connectivity index (χ2n) is 5.57. The number of aromatic nitrogens is 1. The fourth-order valence-electron chi connectivity index (χ4n) is 2.75. The number of esters is 1. The second-order valence-corrected chi connectivity index (χ2v) is 7.13. The largest absolute Gasteiger partial charge is 0.507 e. The van der Waals surface area contributed by atoms with Crippen LogP contribution in [0.1, 0.15) is 18.1 Å². The van der Waals surface area contributed by atoms with Gasteiger partial charge in [-0.2, -0.15) is 0 Å². The first-order chi connectivity index (χ1) is 12.6. The minimum absolute atomic E-state index is 0.00193. The lowest BCUT2D eigenvalue weighted by atomic mass is 10.1. The fraction of sp³-hybridized carbons (Fsp3) is 0.263. The highest BCUT2D eigenvalue weighted by molar-refractivity contribution is 9.08. The smallest absolute Gasteiger partial charge is 0.310 e. The monoisotopic (exact) mass is 435 g/mol. The summed E-state index contributed by atoms with van der Waals surface area (Å²) in [5, 5.41) is 12.0. The summed E-state index contributed by atoms with van der Waals surface area (Å²) in [5.74, 6) is 0.497. The highest BCUT2D eigenvalue weighted by Crippen LogP contribution is 2.43. The van der Waals surface area contributed by atoms with Crippen LogP contribution in [0.25, 0.3) is 20.7 Å². The van der Waals surface area contributed by atoms with Crippen LogP contribution in [0.3, 0.4) is 0 Å². The second kappa shape index (κ2) is 8.05. The first kappa shape index (κ1) is 18.7. The van der Waals surface area contributed by atoms with Crippen LogP contribution in [0.15, 0.2) is 30.5 Å². The normalized spacial score (nSPS) is 10.9. The van der Waals surface area contributed by atoms with Gasteiger partial charge in [0.05, 0.1) is 25.5 Å². The van der Waals surface area contributed by atoms with E-state index in [4.69, 9.17) is 9.47 Å². The van der Waals surface area contributed by atoms with E-state index in [0.29, 0.717) is 22.9 Å². The summed E-state index contributed by atoms with van der Waals surface area (Å²) in [6.45, 7) is 2.06. The van der Waals surface area contributed by atoms with Crippen molar-refractivity contribution in [1.29, 1.82) is 0 Å². The van der Waals surface area contributed by atoms with Crippen molar-refractivity contribution in [2.75, 3.05) is 13.7 Å². The predicted molar refractivity (Wildman–Crippen MR) is 106 cm³/mol. The predicted octanol–water partition coefficient (Wildman–Crippen LogP) is 4.68. The number of pyridine rings is 1. The summed E-state index contributed by atoms with van der Waals surface area (Å²) in [6, 6.07) is 7.76. The lowest BCUT2D eigenvalue weighted by molar-refractivity contribution is -0.142. The van der Waals surface area contributed by atoms with E-state index in [2.05, 4.69) is 20.9 Å². The third kappa shape index (κ3) is 3.54. The van der Waals surface area contributed by atoms with E-state index in [9.17, 15) is 9.90 Å². The standard InChI is InChI=1S/C19H18BrNO4S/c1-3-25-15(22)8-12-10-21-19-16(17(12)23)14(9-20)18(26-19)11-4-6-13(24-2)7-5-11/h4-7,10H,3,8-9H2,1-2H3,(H,21,23). The van der Waals surface area contributed by atoms with Gasteiger partial charge in [0.1, 0.15) is 16.3 Å². The molecule has 2 aromatic heterocycles. The molecule has 2 heterocycles.